The molecule has 0 spiro atoms. The summed E-state index contributed by atoms with van der Waals surface area (Å²) in [5, 5.41) is 10.3. The Morgan fingerprint density at radius 2 is 1.86 bits per heavy atom. The highest BCUT2D eigenvalue weighted by atomic mass is 19.4. The van der Waals surface area contributed by atoms with Crippen molar-refractivity contribution in [1.29, 1.82) is 0 Å². The second kappa shape index (κ2) is 6.36. The summed E-state index contributed by atoms with van der Waals surface area (Å²) < 4.78 is 38.2. The molecule has 1 aromatic carbocycles. The predicted octanol–water partition coefficient (Wildman–Crippen LogP) is 4.00. The number of aliphatic hydroxyl groups excluding tert-OH is 1. The number of benzene rings is 1. The molecule has 0 bridgehead atoms. The quantitative estimate of drug-likeness (QED) is 0.912. The first-order valence-corrected chi connectivity index (χ1v) is 7.40. The maximum absolute atomic E-state index is 12.7. The lowest BCUT2D eigenvalue weighted by Gasteiger charge is -2.40. The Kier molecular flexibility index (Phi) is 4.94. The van der Waals surface area contributed by atoms with E-state index in [0.717, 1.165) is 25.0 Å². The van der Waals surface area contributed by atoms with Crippen LogP contribution in [0.2, 0.25) is 0 Å². The zero-order valence-electron chi connectivity index (χ0n) is 12.4. The average molecular weight is 301 g/mol. The highest BCUT2D eigenvalue weighted by Crippen LogP contribution is 2.31. The molecule has 5 heteroatoms. The minimum absolute atomic E-state index is 0.329. The van der Waals surface area contributed by atoms with Crippen LogP contribution in [-0.4, -0.2) is 28.6 Å². The molecular weight excluding hydrogens is 279 g/mol. The van der Waals surface area contributed by atoms with E-state index in [2.05, 4.69) is 18.7 Å². The number of rotatable bonds is 3. The van der Waals surface area contributed by atoms with Crippen molar-refractivity contribution in [3.05, 3.63) is 35.4 Å². The van der Waals surface area contributed by atoms with Crippen molar-refractivity contribution < 1.29 is 18.3 Å². The lowest BCUT2D eigenvalue weighted by atomic mass is 9.96. The molecule has 0 saturated carbocycles. The fourth-order valence-corrected chi connectivity index (χ4v) is 3.06. The largest absolute Gasteiger partial charge is 0.416 e. The summed E-state index contributed by atoms with van der Waals surface area (Å²) in [6.07, 6.45) is -1.96. The van der Waals surface area contributed by atoms with Gasteiger partial charge in [-0.05, 0) is 44.4 Å². The van der Waals surface area contributed by atoms with Crippen molar-refractivity contribution in [3.63, 3.8) is 0 Å². The summed E-state index contributed by atoms with van der Waals surface area (Å²) in [6.45, 7) is 4.59. The molecule has 1 N–H and O–H groups in total. The lowest BCUT2D eigenvalue weighted by Crippen LogP contribution is -2.45. The number of nitrogens with zero attached hydrogens (tertiary/aromatic N) is 1. The first-order chi connectivity index (χ1) is 9.79. The van der Waals surface area contributed by atoms with Gasteiger partial charge in [-0.25, -0.2) is 0 Å². The molecule has 2 nitrogen and oxygen atoms in total. The third-order valence-corrected chi connectivity index (χ3v) is 4.36. The normalized spacial score (nSPS) is 25.8. The molecule has 0 radical (unpaired) electrons. The van der Waals surface area contributed by atoms with Crippen LogP contribution in [-0.2, 0) is 6.18 Å². The van der Waals surface area contributed by atoms with Crippen molar-refractivity contribution in [2.45, 2.75) is 57.5 Å². The molecule has 1 fully saturated rings. The van der Waals surface area contributed by atoms with E-state index in [-0.39, 0.29) is 0 Å². The Morgan fingerprint density at radius 1 is 1.24 bits per heavy atom. The van der Waals surface area contributed by atoms with Crippen LogP contribution >= 0.6 is 0 Å². The number of likely N-dealkylation sites (tertiary alicyclic amines) is 1. The van der Waals surface area contributed by atoms with E-state index in [1.54, 1.807) is 6.07 Å². The Balaban J connectivity index is 2.11. The van der Waals surface area contributed by atoms with Gasteiger partial charge in [0.15, 0.2) is 0 Å². The van der Waals surface area contributed by atoms with E-state index in [0.29, 0.717) is 24.2 Å². The van der Waals surface area contributed by atoms with Crippen molar-refractivity contribution in [1.82, 2.24) is 4.90 Å². The van der Waals surface area contributed by atoms with Crippen LogP contribution in [0.4, 0.5) is 13.2 Å². The van der Waals surface area contributed by atoms with Crippen molar-refractivity contribution in [3.8, 4) is 0 Å². The Labute approximate surface area is 123 Å². The molecule has 1 unspecified atom stereocenters. The van der Waals surface area contributed by atoms with Gasteiger partial charge in [0.2, 0.25) is 0 Å². The summed E-state index contributed by atoms with van der Waals surface area (Å²) in [7, 11) is 0. The molecule has 0 aromatic heterocycles. The predicted molar refractivity (Wildman–Crippen MR) is 75.9 cm³/mol. The zero-order valence-corrected chi connectivity index (χ0v) is 12.4. The average Bonchev–Trinajstić information content (AvgIpc) is 2.42. The highest BCUT2D eigenvalue weighted by Gasteiger charge is 2.32. The van der Waals surface area contributed by atoms with Crippen LogP contribution in [0, 0.1) is 0 Å². The van der Waals surface area contributed by atoms with Gasteiger partial charge in [-0.1, -0.05) is 18.6 Å². The second-order valence-electron chi connectivity index (χ2n) is 5.96. The van der Waals surface area contributed by atoms with Crippen molar-refractivity contribution in [2.75, 3.05) is 6.54 Å². The van der Waals surface area contributed by atoms with Crippen LogP contribution in [0.1, 0.15) is 50.3 Å². The number of halogens is 3. The lowest BCUT2D eigenvalue weighted by molar-refractivity contribution is -0.137. The Morgan fingerprint density at radius 3 is 2.43 bits per heavy atom. The van der Waals surface area contributed by atoms with E-state index < -0.39 is 17.8 Å². The van der Waals surface area contributed by atoms with Gasteiger partial charge in [-0.15, -0.1) is 0 Å². The van der Waals surface area contributed by atoms with E-state index >= 15 is 0 Å². The van der Waals surface area contributed by atoms with Gasteiger partial charge >= 0.3 is 6.18 Å². The molecule has 1 aliphatic heterocycles. The summed E-state index contributed by atoms with van der Waals surface area (Å²) in [5.74, 6) is 0. The smallest absolute Gasteiger partial charge is 0.387 e. The molecule has 118 valence electrons. The molecular formula is C16H22F3NO. The van der Waals surface area contributed by atoms with Gasteiger partial charge < -0.3 is 5.11 Å². The Bertz CT molecular complexity index is 465. The second-order valence-corrected chi connectivity index (χ2v) is 5.96. The number of β-amino-alcohol motifs (C(OH)–C–C–N with tert-alkyl or cyclic N) is 1. The van der Waals surface area contributed by atoms with Crippen molar-refractivity contribution in [2.24, 2.45) is 0 Å². The molecule has 1 heterocycles. The third-order valence-electron chi connectivity index (χ3n) is 4.36. The van der Waals surface area contributed by atoms with Crippen LogP contribution in [0.25, 0.3) is 0 Å². The van der Waals surface area contributed by atoms with Crippen LogP contribution in [0.3, 0.4) is 0 Å². The minimum Gasteiger partial charge on any atom is -0.387 e. The first kappa shape index (κ1) is 16.3. The van der Waals surface area contributed by atoms with Gasteiger partial charge in [-0.3, -0.25) is 4.90 Å². The fourth-order valence-electron chi connectivity index (χ4n) is 3.06. The standard InChI is InChI=1S/C16H22F3NO/c1-11-5-3-6-12(2)20(11)10-15(21)13-7-4-8-14(9-13)16(17,18)19/h4,7-9,11-12,15,21H,3,5-6,10H2,1-2H3/t11-,12+,15?. The molecule has 0 aliphatic carbocycles. The minimum atomic E-state index is -4.37. The maximum atomic E-state index is 12.7. The zero-order chi connectivity index (χ0) is 15.6. The van der Waals surface area contributed by atoms with Crippen LogP contribution < -0.4 is 0 Å². The third kappa shape index (κ3) is 3.98. The molecule has 2 rings (SSSR count). The fraction of sp³-hybridized carbons (Fsp3) is 0.625. The van der Waals surface area contributed by atoms with Gasteiger partial charge in [0, 0.05) is 18.6 Å². The molecule has 1 aromatic rings. The highest BCUT2D eigenvalue weighted by molar-refractivity contribution is 5.27. The van der Waals surface area contributed by atoms with Crippen molar-refractivity contribution >= 4 is 0 Å². The molecule has 1 aliphatic rings. The summed E-state index contributed by atoms with van der Waals surface area (Å²) in [4.78, 5) is 2.19. The van der Waals surface area contributed by atoms with E-state index in [1.165, 1.54) is 12.5 Å². The van der Waals surface area contributed by atoms with Crippen LogP contribution in [0.5, 0.6) is 0 Å². The summed E-state index contributed by atoms with van der Waals surface area (Å²) >= 11 is 0. The van der Waals surface area contributed by atoms with Gasteiger partial charge in [0.05, 0.1) is 11.7 Å². The molecule has 0 amide bonds. The van der Waals surface area contributed by atoms with Crippen LogP contribution in [0.15, 0.2) is 24.3 Å². The Hall–Kier alpha value is -1.07. The molecule has 3 atom stereocenters. The maximum Gasteiger partial charge on any atom is 0.416 e. The number of aliphatic hydroxyl groups is 1. The first-order valence-electron chi connectivity index (χ1n) is 7.40. The summed E-state index contributed by atoms with van der Waals surface area (Å²) in [6, 6.07) is 5.69. The number of hydrogen-bond donors (Lipinski definition) is 1. The number of piperidine rings is 1. The number of hydrogen-bond acceptors (Lipinski definition) is 2. The molecule has 1 saturated heterocycles. The monoisotopic (exact) mass is 301 g/mol. The van der Waals surface area contributed by atoms with E-state index in [4.69, 9.17) is 0 Å². The number of alkyl halides is 3. The van der Waals surface area contributed by atoms with Gasteiger partial charge in [0.1, 0.15) is 0 Å². The van der Waals surface area contributed by atoms with Gasteiger partial charge in [-0.2, -0.15) is 13.2 Å². The SMILES string of the molecule is C[C@@H]1CCC[C@H](C)N1CC(O)c1cccc(C(F)(F)F)c1. The van der Waals surface area contributed by atoms with E-state index in [1.807, 2.05) is 0 Å². The van der Waals surface area contributed by atoms with Gasteiger partial charge in [0.25, 0.3) is 0 Å². The van der Waals surface area contributed by atoms with E-state index in [9.17, 15) is 18.3 Å². The summed E-state index contributed by atoms with van der Waals surface area (Å²) in [5.41, 5.74) is -0.381. The molecule has 21 heavy (non-hydrogen) atoms. The topological polar surface area (TPSA) is 23.5 Å².